The minimum Gasteiger partial charge on any atom is -0.355 e. The minimum atomic E-state index is -4.81. The van der Waals surface area contributed by atoms with E-state index in [1.165, 1.54) is 35.8 Å². The van der Waals surface area contributed by atoms with Crippen LogP contribution in [0.25, 0.3) is 0 Å². The molecule has 4 aromatic heterocycles. The molecule has 2 unspecified atom stereocenters. The lowest BCUT2D eigenvalue weighted by Crippen LogP contribution is -2.46. The summed E-state index contributed by atoms with van der Waals surface area (Å²) in [5.74, 6) is -10.6. The van der Waals surface area contributed by atoms with Gasteiger partial charge in [0.25, 0.3) is 43.7 Å². The predicted molar refractivity (Wildman–Crippen MR) is 207 cm³/mol. The Kier molecular flexibility index (Phi) is 13.9. The molecule has 6 heterocycles. The maximum atomic E-state index is 13.8. The van der Waals surface area contributed by atoms with Crippen molar-refractivity contribution in [1.29, 1.82) is 0 Å². The minimum absolute atomic E-state index is 0.101. The number of nitrogens with zero attached hydrogens (tertiary/aromatic N) is 6. The summed E-state index contributed by atoms with van der Waals surface area (Å²) >= 11 is 0. The summed E-state index contributed by atoms with van der Waals surface area (Å²) in [5, 5.41) is 13.4. The van der Waals surface area contributed by atoms with Crippen LogP contribution in [0.15, 0.2) is 71.2 Å². The van der Waals surface area contributed by atoms with Gasteiger partial charge in [-0.05, 0) is 24.3 Å². The van der Waals surface area contributed by atoms with E-state index in [1.807, 2.05) is 0 Å². The molecule has 2 saturated heterocycles. The fraction of sp³-hybridized carbons (Fsp3) is 0.389. The normalized spacial score (nSPS) is 19.0. The number of sulfonamides is 2. The van der Waals surface area contributed by atoms with E-state index in [0.717, 1.165) is 24.5 Å². The molecular formula is C36H36F10N10O6S2. The summed E-state index contributed by atoms with van der Waals surface area (Å²) < 4.78 is 180. The van der Waals surface area contributed by atoms with E-state index in [9.17, 15) is 70.3 Å². The van der Waals surface area contributed by atoms with E-state index < -0.39 is 113 Å². The van der Waals surface area contributed by atoms with Gasteiger partial charge in [-0.1, -0.05) is 13.8 Å². The van der Waals surface area contributed by atoms with Crippen molar-refractivity contribution < 1.29 is 70.3 Å². The number of nitrogens with one attached hydrogen (secondary N) is 2. The van der Waals surface area contributed by atoms with Crippen molar-refractivity contribution in [2.45, 2.75) is 60.9 Å². The van der Waals surface area contributed by atoms with Crippen LogP contribution in [0.4, 0.5) is 66.9 Å². The third-order valence-corrected chi connectivity index (χ3v) is 11.5. The molecule has 2 aliphatic rings. The molecule has 0 aliphatic carbocycles. The number of hydrogen-bond acceptors (Lipinski definition) is 12. The molecular weight excluding hydrogens is 923 g/mol. The lowest BCUT2D eigenvalue weighted by Gasteiger charge is -2.38. The van der Waals surface area contributed by atoms with Gasteiger partial charge >= 0.3 is 12.4 Å². The molecule has 0 saturated carbocycles. The Morgan fingerprint density at radius 3 is 1.28 bits per heavy atom. The van der Waals surface area contributed by atoms with Gasteiger partial charge in [-0.3, -0.25) is 9.59 Å². The number of pyridine rings is 4. The Bertz CT molecular complexity index is 2460. The van der Waals surface area contributed by atoms with Crippen molar-refractivity contribution in [2.24, 2.45) is 22.1 Å². The third kappa shape index (κ3) is 11.9. The van der Waals surface area contributed by atoms with Gasteiger partial charge in [-0.2, -0.15) is 26.3 Å². The fourth-order valence-corrected chi connectivity index (χ4v) is 7.30. The Morgan fingerprint density at radius 2 is 0.984 bits per heavy atom. The van der Waals surface area contributed by atoms with Crippen LogP contribution in [0.5, 0.6) is 0 Å². The number of carbonyl (C=O) groups excluding carboxylic acids is 2. The highest BCUT2D eigenvalue weighted by Crippen LogP contribution is 2.39. The van der Waals surface area contributed by atoms with E-state index in [0.29, 0.717) is 24.5 Å². The van der Waals surface area contributed by atoms with E-state index in [2.05, 4.69) is 30.6 Å². The molecule has 348 valence electrons. The number of nitrogens with two attached hydrogens (primary N) is 2. The number of carbonyl (C=O) groups is 2. The number of amides is 2. The SMILES string of the molecule is CC1CN(c2ncc(C(F)(F)F)cc2C(=O)Nc2ccnc(S(N)(=O)=O)c2)CCC1(F)F.CC1CN(c2ncc(C(F)(F)F)cc2C(=O)Nc2ccnc(S(N)(=O)=O)c2)CCC1(F)F. The topological polar surface area (TPSA) is 237 Å². The van der Waals surface area contributed by atoms with Crippen molar-refractivity contribution in [3.63, 3.8) is 0 Å². The van der Waals surface area contributed by atoms with Crippen LogP contribution in [-0.4, -0.2) is 86.6 Å². The Hall–Kier alpha value is -5.74. The van der Waals surface area contributed by atoms with Crippen LogP contribution >= 0.6 is 0 Å². The van der Waals surface area contributed by atoms with Gasteiger partial charge in [0.1, 0.15) is 11.6 Å². The maximum absolute atomic E-state index is 13.8. The Morgan fingerprint density at radius 1 is 0.641 bits per heavy atom. The highest BCUT2D eigenvalue weighted by Gasteiger charge is 2.44. The highest BCUT2D eigenvalue weighted by molar-refractivity contribution is 7.89. The molecule has 16 nitrogen and oxygen atoms in total. The van der Waals surface area contributed by atoms with Crippen molar-refractivity contribution in [2.75, 3.05) is 46.6 Å². The number of hydrogen-bond donors (Lipinski definition) is 4. The fourth-order valence-electron chi connectivity index (χ4n) is 6.30. The molecule has 28 heteroatoms. The van der Waals surface area contributed by atoms with Crippen LogP contribution < -0.4 is 30.7 Å². The van der Waals surface area contributed by atoms with Crippen LogP contribution in [0.3, 0.4) is 0 Å². The van der Waals surface area contributed by atoms with E-state index >= 15 is 0 Å². The molecule has 0 bridgehead atoms. The molecule has 2 fully saturated rings. The third-order valence-electron chi connectivity index (χ3n) is 9.91. The number of primary sulfonamides is 2. The van der Waals surface area contributed by atoms with Gasteiger partial charge in [0, 0.05) is 99.2 Å². The second-order valence-corrected chi connectivity index (χ2v) is 17.7. The summed E-state index contributed by atoms with van der Waals surface area (Å²) in [6.07, 6.45) is -7.60. The van der Waals surface area contributed by atoms with Crippen LogP contribution in [0, 0.1) is 11.8 Å². The molecule has 2 amide bonds. The first-order chi connectivity index (χ1) is 29.4. The first-order valence-electron chi connectivity index (χ1n) is 18.4. The average molecular weight is 959 g/mol. The van der Waals surface area contributed by atoms with Gasteiger partial charge < -0.3 is 20.4 Å². The summed E-state index contributed by atoms with van der Waals surface area (Å²) in [5.41, 5.74) is -3.63. The molecule has 0 spiro atoms. The standard InChI is InChI=1S/2C18H18F5N5O3S/c2*1-10-9-28(5-3-17(10,19)20)15-13(6-11(8-26-15)18(21,22)23)16(29)27-12-2-4-25-14(7-12)32(24,30)31/h2*2,4,6-8,10H,3,5,9H2,1H3,(H2,24,30,31)(H,25,27,29). The number of rotatable bonds is 8. The molecule has 2 aliphatic heterocycles. The average Bonchev–Trinajstić information content (AvgIpc) is 3.18. The lowest BCUT2D eigenvalue weighted by atomic mass is 9.95. The van der Waals surface area contributed by atoms with E-state index in [1.54, 1.807) is 0 Å². The van der Waals surface area contributed by atoms with Gasteiger partial charge in [0.15, 0.2) is 10.1 Å². The summed E-state index contributed by atoms with van der Waals surface area (Å²) in [7, 11) is -8.39. The number of anilines is 4. The highest BCUT2D eigenvalue weighted by atomic mass is 32.2. The Balaban J connectivity index is 0.000000241. The quantitative estimate of drug-likeness (QED) is 0.155. The molecule has 0 radical (unpaired) electrons. The van der Waals surface area contributed by atoms with Crippen molar-refractivity contribution in [3.05, 3.63) is 83.4 Å². The zero-order valence-corrected chi connectivity index (χ0v) is 34.7. The van der Waals surface area contributed by atoms with Gasteiger partial charge in [-0.25, -0.2) is 64.6 Å². The molecule has 4 aromatic rings. The van der Waals surface area contributed by atoms with Crippen molar-refractivity contribution in [1.82, 2.24) is 19.9 Å². The maximum Gasteiger partial charge on any atom is 0.417 e. The summed E-state index contributed by atoms with van der Waals surface area (Å²) in [6.45, 7) is 1.69. The zero-order chi connectivity index (χ0) is 47.8. The monoisotopic (exact) mass is 958 g/mol. The van der Waals surface area contributed by atoms with Gasteiger partial charge in [0.05, 0.1) is 22.3 Å². The number of halogens is 10. The smallest absolute Gasteiger partial charge is 0.355 e. The molecule has 0 aromatic carbocycles. The molecule has 6 N–H and O–H groups in total. The van der Waals surface area contributed by atoms with Crippen LogP contribution in [-0.2, 0) is 32.4 Å². The number of aromatic nitrogens is 4. The first-order valence-corrected chi connectivity index (χ1v) is 21.5. The lowest BCUT2D eigenvalue weighted by molar-refractivity contribution is -0.138. The number of alkyl halides is 10. The van der Waals surface area contributed by atoms with E-state index in [4.69, 9.17) is 10.3 Å². The summed E-state index contributed by atoms with van der Waals surface area (Å²) in [4.78, 5) is 42.9. The Labute approximate surface area is 357 Å². The van der Waals surface area contributed by atoms with Crippen molar-refractivity contribution >= 4 is 54.9 Å². The second kappa shape index (κ2) is 18.0. The largest absolute Gasteiger partial charge is 0.417 e. The first kappa shape index (κ1) is 49.3. The zero-order valence-electron chi connectivity index (χ0n) is 33.1. The summed E-state index contributed by atoms with van der Waals surface area (Å²) in [6, 6.07) is 5.40. The molecule has 64 heavy (non-hydrogen) atoms. The van der Waals surface area contributed by atoms with Gasteiger partial charge in [0.2, 0.25) is 0 Å². The molecule has 2 atom stereocenters. The predicted octanol–water partition coefficient (Wildman–Crippen LogP) is 5.75. The van der Waals surface area contributed by atoms with Crippen molar-refractivity contribution in [3.8, 4) is 0 Å². The van der Waals surface area contributed by atoms with Gasteiger partial charge in [-0.15, -0.1) is 0 Å². The second-order valence-electron chi connectivity index (χ2n) is 14.7. The van der Waals surface area contributed by atoms with E-state index in [-0.39, 0.29) is 49.2 Å². The molecule has 6 rings (SSSR count). The van der Waals surface area contributed by atoms with Crippen LogP contribution in [0.1, 0.15) is 58.5 Å². The van der Waals surface area contributed by atoms with Crippen LogP contribution in [0.2, 0.25) is 0 Å². The number of piperidine rings is 2.